The van der Waals surface area contributed by atoms with E-state index in [0.717, 1.165) is 0 Å². The molecule has 0 unspecified atom stereocenters. The van der Waals surface area contributed by atoms with Crippen molar-refractivity contribution >= 4 is 40.8 Å². The number of esters is 1. The molecule has 10 heteroatoms. The number of rotatable bonds is 5. The van der Waals surface area contributed by atoms with E-state index >= 15 is 0 Å². The SMILES string of the molecule is C[C@H](OC(=O)C1CCN(CC(F)(F)F)CC1)C(=O)Nc1cccc(Cl)c1Cl. The number of amides is 1. The number of carbonyl (C=O) groups excluding carboxylic acids is 2. The van der Waals surface area contributed by atoms with E-state index in [2.05, 4.69) is 5.32 Å². The minimum Gasteiger partial charge on any atom is -0.452 e. The summed E-state index contributed by atoms with van der Waals surface area (Å²) in [5.41, 5.74) is 0.289. The Labute approximate surface area is 164 Å². The van der Waals surface area contributed by atoms with Crippen molar-refractivity contribution in [3.63, 3.8) is 0 Å². The van der Waals surface area contributed by atoms with Gasteiger partial charge in [0.15, 0.2) is 6.10 Å². The summed E-state index contributed by atoms with van der Waals surface area (Å²) < 4.78 is 42.3. The van der Waals surface area contributed by atoms with Gasteiger partial charge in [0.25, 0.3) is 5.91 Å². The Morgan fingerprint density at radius 3 is 2.52 bits per heavy atom. The first-order valence-electron chi connectivity index (χ1n) is 8.31. The number of halogens is 5. The lowest BCUT2D eigenvalue weighted by Crippen LogP contribution is -2.42. The molecule has 150 valence electrons. The molecule has 2 rings (SSSR count). The van der Waals surface area contributed by atoms with Crippen LogP contribution in [0.2, 0.25) is 10.0 Å². The maximum atomic E-state index is 12.4. The van der Waals surface area contributed by atoms with Crippen LogP contribution in [0.5, 0.6) is 0 Å². The highest BCUT2D eigenvalue weighted by atomic mass is 35.5. The molecule has 0 saturated carbocycles. The van der Waals surface area contributed by atoms with Gasteiger partial charge in [-0.3, -0.25) is 14.5 Å². The van der Waals surface area contributed by atoms with Gasteiger partial charge in [-0.2, -0.15) is 13.2 Å². The molecule has 1 atom stereocenters. The van der Waals surface area contributed by atoms with Gasteiger partial charge in [0.05, 0.1) is 28.2 Å². The van der Waals surface area contributed by atoms with Crippen molar-refractivity contribution in [1.29, 1.82) is 0 Å². The predicted molar refractivity (Wildman–Crippen MR) is 95.9 cm³/mol. The number of benzene rings is 1. The quantitative estimate of drug-likeness (QED) is 0.718. The average Bonchev–Trinajstić information content (AvgIpc) is 2.58. The molecule has 0 radical (unpaired) electrons. The fourth-order valence-corrected chi connectivity index (χ4v) is 3.09. The molecule has 27 heavy (non-hydrogen) atoms. The number of nitrogens with zero attached hydrogens (tertiary/aromatic N) is 1. The number of hydrogen-bond acceptors (Lipinski definition) is 4. The first-order valence-corrected chi connectivity index (χ1v) is 9.07. The third kappa shape index (κ3) is 6.55. The zero-order chi connectivity index (χ0) is 20.2. The number of hydrogen-bond donors (Lipinski definition) is 1. The fraction of sp³-hybridized carbons (Fsp3) is 0.529. The smallest absolute Gasteiger partial charge is 0.401 e. The fourth-order valence-electron chi connectivity index (χ4n) is 2.74. The minimum atomic E-state index is -4.26. The van der Waals surface area contributed by atoms with Crippen molar-refractivity contribution < 1.29 is 27.5 Å². The number of ether oxygens (including phenoxy) is 1. The molecule has 1 saturated heterocycles. The summed E-state index contributed by atoms with van der Waals surface area (Å²) >= 11 is 11.9. The lowest BCUT2D eigenvalue weighted by atomic mass is 9.97. The minimum absolute atomic E-state index is 0.151. The number of anilines is 1. The van der Waals surface area contributed by atoms with Crippen LogP contribution in [0, 0.1) is 5.92 Å². The Balaban J connectivity index is 1.83. The van der Waals surface area contributed by atoms with Crippen LogP contribution in [0.1, 0.15) is 19.8 Å². The molecular formula is C17H19Cl2F3N2O3. The number of alkyl halides is 3. The third-order valence-electron chi connectivity index (χ3n) is 4.20. The molecule has 1 aliphatic heterocycles. The maximum absolute atomic E-state index is 12.4. The summed E-state index contributed by atoms with van der Waals surface area (Å²) in [5.74, 6) is -1.71. The molecule has 1 amide bonds. The Hall–Kier alpha value is -1.51. The first kappa shape index (κ1) is 21.8. The van der Waals surface area contributed by atoms with E-state index in [9.17, 15) is 22.8 Å². The molecule has 0 bridgehead atoms. The first-order chi connectivity index (χ1) is 12.6. The summed E-state index contributed by atoms with van der Waals surface area (Å²) in [4.78, 5) is 25.6. The highest BCUT2D eigenvalue weighted by Crippen LogP contribution is 2.30. The second-order valence-electron chi connectivity index (χ2n) is 6.34. The molecule has 0 aromatic heterocycles. The van der Waals surface area contributed by atoms with Crippen molar-refractivity contribution in [3.8, 4) is 0 Å². The van der Waals surface area contributed by atoms with Gasteiger partial charge < -0.3 is 10.1 Å². The van der Waals surface area contributed by atoms with E-state index in [-0.39, 0.29) is 41.7 Å². The van der Waals surface area contributed by atoms with Crippen LogP contribution in [0.25, 0.3) is 0 Å². The van der Waals surface area contributed by atoms with Gasteiger partial charge in [-0.25, -0.2) is 0 Å². The van der Waals surface area contributed by atoms with Crippen molar-refractivity contribution in [2.75, 3.05) is 25.0 Å². The standard InChI is InChI=1S/C17H19Cl2F3N2O3/c1-10(15(25)23-13-4-2-3-12(18)14(13)19)27-16(26)11-5-7-24(8-6-11)9-17(20,21)22/h2-4,10-11H,5-9H2,1H3,(H,23,25)/t10-/m0/s1. The van der Waals surface area contributed by atoms with E-state index < -0.39 is 36.6 Å². The van der Waals surface area contributed by atoms with Crippen LogP contribution in [0.15, 0.2) is 18.2 Å². The molecule has 1 N–H and O–H groups in total. The summed E-state index contributed by atoms with van der Waals surface area (Å²) in [7, 11) is 0. The number of likely N-dealkylation sites (tertiary alicyclic amines) is 1. The number of carbonyl (C=O) groups is 2. The normalized spacial score (nSPS) is 17.4. The second-order valence-corrected chi connectivity index (χ2v) is 7.12. The van der Waals surface area contributed by atoms with Crippen molar-refractivity contribution in [2.45, 2.75) is 32.0 Å². The number of piperidine rings is 1. The van der Waals surface area contributed by atoms with Gasteiger partial charge in [0.2, 0.25) is 0 Å². The number of nitrogens with one attached hydrogen (secondary N) is 1. The van der Waals surface area contributed by atoms with Gasteiger partial charge in [-0.1, -0.05) is 29.3 Å². The van der Waals surface area contributed by atoms with Crippen LogP contribution in [0.4, 0.5) is 18.9 Å². The lowest BCUT2D eigenvalue weighted by molar-refractivity contribution is -0.161. The van der Waals surface area contributed by atoms with E-state index in [1.165, 1.54) is 11.8 Å². The summed E-state index contributed by atoms with van der Waals surface area (Å²) in [6.07, 6.45) is -4.84. The van der Waals surface area contributed by atoms with Crippen LogP contribution >= 0.6 is 23.2 Å². The van der Waals surface area contributed by atoms with Gasteiger partial charge in [-0.05, 0) is 45.0 Å². The average molecular weight is 427 g/mol. The van der Waals surface area contributed by atoms with Crippen LogP contribution in [0.3, 0.4) is 0 Å². The molecular weight excluding hydrogens is 408 g/mol. The second kappa shape index (κ2) is 9.12. The van der Waals surface area contributed by atoms with Gasteiger partial charge >= 0.3 is 12.1 Å². The molecule has 5 nitrogen and oxygen atoms in total. The van der Waals surface area contributed by atoms with Crippen molar-refractivity contribution in [2.24, 2.45) is 5.92 Å². The van der Waals surface area contributed by atoms with Gasteiger partial charge in [0, 0.05) is 0 Å². The zero-order valence-electron chi connectivity index (χ0n) is 14.5. The van der Waals surface area contributed by atoms with Crippen LogP contribution in [-0.2, 0) is 14.3 Å². The van der Waals surface area contributed by atoms with Gasteiger partial charge in [-0.15, -0.1) is 0 Å². The van der Waals surface area contributed by atoms with E-state index in [1.807, 2.05) is 0 Å². The molecule has 0 aliphatic carbocycles. The van der Waals surface area contributed by atoms with E-state index in [0.29, 0.717) is 0 Å². The Morgan fingerprint density at radius 1 is 1.30 bits per heavy atom. The monoisotopic (exact) mass is 426 g/mol. The molecule has 1 aromatic rings. The Bertz CT molecular complexity index is 692. The summed E-state index contributed by atoms with van der Waals surface area (Å²) in [6.45, 7) is 0.717. The molecule has 1 heterocycles. The molecule has 1 aromatic carbocycles. The molecule has 1 fully saturated rings. The maximum Gasteiger partial charge on any atom is 0.401 e. The van der Waals surface area contributed by atoms with E-state index in [4.69, 9.17) is 27.9 Å². The highest BCUT2D eigenvalue weighted by Gasteiger charge is 2.35. The molecule has 0 spiro atoms. The van der Waals surface area contributed by atoms with Crippen LogP contribution < -0.4 is 5.32 Å². The largest absolute Gasteiger partial charge is 0.452 e. The lowest BCUT2D eigenvalue weighted by Gasteiger charge is -2.31. The predicted octanol–water partition coefficient (Wildman–Crippen LogP) is 4.14. The van der Waals surface area contributed by atoms with Crippen molar-refractivity contribution in [3.05, 3.63) is 28.2 Å². The summed E-state index contributed by atoms with van der Waals surface area (Å²) in [6, 6.07) is 4.72. The Morgan fingerprint density at radius 2 is 1.93 bits per heavy atom. The van der Waals surface area contributed by atoms with Crippen molar-refractivity contribution in [1.82, 2.24) is 4.90 Å². The topological polar surface area (TPSA) is 58.6 Å². The van der Waals surface area contributed by atoms with E-state index in [1.54, 1.807) is 18.2 Å². The van der Waals surface area contributed by atoms with Gasteiger partial charge in [0.1, 0.15) is 0 Å². The van der Waals surface area contributed by atoms with Crippen LogP contribution in [-0.4, -0.2) is 48.7 Å². The highest BCUT2D eigenvalue weighted by molar-refractivity contribution is 6.44. The molecule has 1 aliphatic rings. The Kier molecular flexibility index (Phi) is 7.36. The zero-order valence-corrected chi connectivity index (χ0v) is 16.0. The summed E-state index contributed by atoms with van der Waals surface area (Å²) in [5, 5.41) is 2.96. The third-order valence-corrected chi connectivity index (χ3v) is 5.01.